The van der Waals surface area contributed by atoms with E-state index >= 15 is 0 Å². The van der Waals surface area contributed by atoms with Gasteiger partial charge in [-0.25, -0.2) is 9.67 Å². The third-order valence-corrected chi connectivity index (χ3v) is 2.89. The molecule has 3 aromatic rings. The number of halogens is 1. The van der Waals surface area contributed by atoms with Crippen molar-refractivity contribution >= 4 is 11.6 Å². The Labute approximate surface area is 120 Å². The van der Waals surface area contributed by atoms with Crippen LogP contribution in [0.25, 0.3) is 5.69 Å². The summed E-state index contributed by atoms with van der Waals surface area (Å²) in [4.78, 5) is 15.6. The van der Waals surface area contributed by atoms with Gasteiger partial charge in [0.05, 0.1) is 16.9 Å². The lowest BCUT2D eigenvalue weighted by molar-refractivity contribution is 0.102. The molecule has 2 heterocycles. The molecule has 0 bridgehead atoms. The number of amides is 1. The molecule has 21 heavy (non-hydrogen) atoms. The van der Waals surface area contributed by atoms with E-state index in [1.54, 1.807) is 29.2 Å². The van der Waals surface area contributed by atoms with Crippen LogP contribution in [0.15, 0.2) is 61.1 Å². The molecule has 0 aliphatic carbocycles. The van der Waals surface area contributed by atoms with Crippen LogP contribution in [0.2, 0.25) is 0 Å². The normalized spacial score (nSPS) is 10.3. The number of hydrogen-bond donors (Lipinski definition) is 1. The van der Waals surface area contributed by atoms with Crippen molar-refractivity contribution in [3.8, 4) is 5.69 Å². The molecule has 0 radical (unpaired) electrons. The number of anilines is 1. The number of aromatic nitrogens is 3. The maximum absolute atomic E-state index is 12.8. The van der Waals surface area contributed by atoms with Crippen LogP contribution in [0, 0.1) is 5.95 Å². The van der Waals surface area contributed by atoms with Crippen molar-refractivity contribution in [1.82, 2.24) is 14.8 Å². The van der Waals surface area contributed by atoms with Gasteiger partial charge in [0.2, 0.25) is 5.95 Å². The van der Waals surface area contributed by atoms with Crippen molar-refractivity contribution in [3.63, 3.8) is 0 Å². The van der Waals surface area contributed by atoms with E-state index in [1.807, 2.05) is 18.2 Å². The van der Waals surface area contributed by atoms with E-state index in [-0.39, 0.29) is 11.5 Å². The van der Waals surface area contributed by atoms with Gasteiger partial charge in [0.25, 0.3) is 5.91 Å². The molecule has 1 amide bonds. The van der Waals surface area contributed by atoms with Gasteiger partial charge in [0.15, 0.2) is 0 Å². The highest BCUT2D eigenvalue weighted by Crippen LogP contribution is 2.19. The van der Waals surface area contributed by atoms with Gasteiger partial charge in [0.1, 0.15) is 0 Å². The lowest BCUT2D eigenvalue weighted by Gasteiger charge is -2.10. The van der Waals surface area contributed by atoms with E-state index in [9.17, 15) is 9.18 Å². The average Bonchev–Trinajstić information content (AvgIpc) is 3.02. The van der Waals surface area contributed by atoms with Crippen LogP contribution in [-0.2, 0) is 0 Å². The highest BCUT2D eigenvalue weighted by Gasteiger charge is 2.10. The molecule has 0 atom stereocenters. The lowest BCUT2D eigenvalue weighted by atomic mass is 10.2. The van der Waals surface area contributed by atoms with Gasteiger partial charge in [-0.2, -0.15) is 9.49 Å². The molecule has 0 aliphatic rings. The zero-order valence-electron chi connectivity index (χ0n) is 10.9. The van der Waals surface area contributed by atoms with E-state index in [1.165, 1.54) is 12.3 Å². The minimum atomic E-state index is -0.622. The van der Waals surface area contributed by atoms with Crippen LogP contribution < -0.4 is 5.32 Å². The molecule has 0 saturated heterocycles. The summed E-state index contributed by atoms with van der Waals surface area (Å²) < 4.78 is 14.4. The van der Waals surface area contributed by atoms with E-state index in [4.69, 9.17) is 0 Å². The predicted octanol–water partition coefficient (Wildman–Crippen LogP) is 2.66. The standard InChI is InChI=1S/C15H11FN4O/c16-14-7-6-11(10-17-14)15(21)19-12-4-1-2-5-13(12)20-9-3-8-18-20/h1-10H,(H,19,21). The second-order valence-electron chi connectivity index (χ2n) is 4.29. The van der Waals surface area contributed by atoms with Crippen molar-refractivity contribution in [2.24, 2.45) is 0 Å². The molecule has 6 heteroatoms. The third-order valence-electron chi connectivity index (χ3n) is 2.89. The van der Waals surface area contributed by atoms with Gasteiger partial charge in [-0.05, 0) is 30.3 Å². The Hall–Kier alpha value is -3.02. The Morgan fingerprint density at radius 3 is 2.71 bits per heavy atom. The molecule has 104 valence electrons. The molecule has 0 spiro atoms. The van der Waals surface area contributed by atoms with Crippen LogP contribution in [-0.4, -0.2) is 20.7 Å². The summed E-state index contributed by atoms with van der Waals surface area (Å²) in [6.45, 7) is 0. The monoisotopic (exact) mass is 282 g/mol. The van der Waals surface area contributed by atoms with Gasteiger partial charge in [-0.3, -0.25) is 4.79 Å². The number of carbonyl (C=O) groups excluding carboxylic acids is 1. The largest absolute Gasteiger partial charge is 0.320 e. The minimum absolute atomic E-state index is 0.284. The Kier molecular flexibility index (Phi) is 3.42. The quantitative estimate of drug-likeness (QED) is 0.751. The summed E-state index contributed by atoms with van der Waals surface area (Å²) in [5.41, 5.74) is 1.63. The first kappa shape index (κ1) is 13.0. The van der Waals surface area contributed by atoms with E-state index in [0.717, 1.165) is 11.8 Å². The summed E-state index contributed by atoms with van der Waals surface area (Å²) in [5, 5.41) is 6.91. The number of hydrogen-bond acceptors (Lipinski definition) is 3. The molecular weight excluding hydrogens is 271 g/mol. The van der Waals surface area contributed by atoms with Gasteiger partial charge >= 0.3 is 0 Å². The average molecular weight is 282 g/mol. The molecule has 0 unspecified atom stereocenters. The summed E-state index contributed by atoms with van der Waals surface area (Å²) in [6, 6.07) is 11.6. The van der Waals surface area contributed by atoms with Gasteiger partial charge in [-0.1, -0.05) is 12.1 Å². The van der Waals surface area contributed by atoms with Crippen LogP contribution in [0.1, 0.15) is 10.4 Å². The van der Waals surface area contributed by atoms with E-state index in [0.29, 0.717) is 5.69 Å². The van der Waals surface area contributed by atoms with Gasteiger partial charge in [-0.15, -0.1) is 0 Å². The minimum Gasteiger partial charge on any atom is -0.320 e. The van der Waals surface area contributed by atoms with Gasteiger partial charge in [0, 0.05) is 18.6 Å². The number of rotatable bonds is 3. The highest BCUT2D eigenvalue weighted by molar-refractivity contribution is 6.05. The number of pyridine rings is 1. The van der Waals surface area contributed by atoms with Crippen LogP contribution in [0.3, 0.4) is 0 Å². The molecule has 1 N–H and O–H groups in total. The maximum atomic E-state index is 12.8. The zero-order valence-corrected chi connectivity index (χ0v) is 10.9. The molecule has 0 aliphatic heterocycles. The molecule has 0 fully saturated rings. The first-order valence-electron chi connectivity index (χ1n) is 6.26. The van der Waals surface area contributed by atoms with Crippen molar-refractivity contribution in [2.75, 3.05) is 5.32 Å². The SMILES string of the molecule is O=C(Nc1ccccc1-n1cccn1)c1ccc(F)nc1. The predicted molar refractivity (Wildman–Crippen MR) is 75.7 cm³/mol. The molecule has 3 rings (SSSR count). The number of benzene rings is 1. The second kappa shape index (κ2) is 5.54. The summed E-state index contributed by atoms with van der Waals surface area (Å²) >= 11 is 0. The molecule has 0 saturated carbocycles. The van der Waals surface area contributed by atoms with Crippen molar-refractivity contribution < 1.29 is 9.18 Å². The number of nitrogens with one attached hydrogen (secondary N) is 1. The summed E-state index contributed by atoms with van der Waals surface area (Å²) in [6.07, 6.45) is 4.63. The zero-order chi connectivity index (χ0) is 14.7. The number of nitrogens with zero attached hydrogens (tertiary/aromatic N) is 3. The Balaban J connectivity index is 1.88. The van der Waals surface area contributed by atoms with Crippen LogP contribution in [0.5, 0.6) is 0 Å². The fourth-order valence-corrected chi connectivity index (χ4v) is 1.90. The molecule has 2 aromatic heterocycles. The van der Waals surface area contributed by atoms with Crippen LogP contribution in [0.4, 0.5) is 10.1 Å². The van der Waals surface area contributed by atoms with E-state index < -0.39 is 5.95 Å². The topological polar surface area (TPSA) is 59.8 Å². The van der Waals surface area contributed by atoms with Gasteiger partial charge < -0.3 is 5.32 Å². The first-order valence-corrected chi connectivity index (χ1v) is 6.26. The number of carbonyl (C=O) groups is 1. The lowest BCUT2D eigenvalue weighted by Crippen LogP contribution is -2.14. The van der Waals surface area contributed by atoms with Crippen LogP contribution >= 0.6 is 0 Å². The highest BCUT2D eigenvalue weighted by atomic mass is 19.1. The van der Waals surface area contributed by atoms with Crippen molar-refractivity contribution in [3.05, 3.63) is 72.6 Å². The molecular formula is C15H11FN4O. The Bertz CT molecular complexity index is 754. The second-order valence-corrected chi connectivity index (χ2v) is 4.29. The maximum Gasteiger partial charge on any atom is 0.257 e. The van der Waals surface area contributed by atoms with Crippen molar-refractivity contribution in [1.29, 1.82) is 0 Å². The molecule has 5 nitrogen and oxygen atoms in total. The Morgan fingerprint density at radius 2 is 2.00 bits per heavy atom. The fourth-order valence-electron chi connectivity index (χ4n) is 1.90. The van der Waals surface area contributed by atoms with Crippen molar-refractivity contribution in [2.45, 2.75) is 0 Å². The summed E-state index contributed by atoms with van der Waals surface area (Å²) in [5.74, 6) is -0.981. The first-order chi connectivity index (χ1) is 10.2. The third kappa shape index (κ3) is 2.79. The number of para-hydroxylation sites is 2. The fraction of sp³-hybridized carbons (Fsp3) is 0. The smallest absolute Gasteiger partial charge is 0.257 e. The Morgan fingerprint density at radius 1 is 1.14 bits per heavy atom. The molecule has 1 aromatic carbocycles. The summed E-state index contributed by atoms with van der Waals surface area (Å²) in [7, 11) is 0. The van der Waals surface area contributed by atoms with E-state index in [2.05, 4.69) is 15.4 Å².